The third kappa shape index (κ3) is 2.80. The van der Waals surface area contributed by atoms with Gasteiger partial charge in [-0.1, -0.05) is 12.1 Å². The molecule has 1 amide bonds. The van der Waals surface area contributed by atoms with Crippen LogP contribution in [0.2, 0.25) is 0 Å². The number of esters is 1. The minimum atomic E-state index is -0.355. The van der Waals surface area contributed by atoms with Crippen LogP contribution in [0.15, 0.2) is 24.3 Å². The van der Waals surface area contributed by atoms with Crippen molar-refractivity contribution in [3.63, 3.8) is 0 Å². The summed E-state index contributed by atoms with van der Waals surface area (Å²) in [7, 11) is 1.37. The first kappa shape index (κ1) is 14.9. The van der Waals surface area contributed by atoms with Crippen molar-refractivity contribution in [3.8, 4) is 0 Å². The van der Waals surface area contributed by atoms with Crippen LogP contribution < -0.4 is 9.80 Å². The monoisotopic (exact) mass is 302 g/mol. The van der Waals surface area contributed by atoms with E-state index >= 15 is 0 Å². The summed E-state index contributed by atoms with van der Waals surface area (Å²) >= 11 is 0. The number of benzene rings is 1. The second-order valence-corrected chi connectivity index (χ2v) is 5.96. The zero-order chi connectivity index (χ0) is 15.5. The SMILES string of the molecule is COC(=O)[C@H]1CC(=O)N(c2ccccc2N2CCCCC2)C1. The number of hydrogen-bond acceptors (Lipinski definition) is 4. The van der Waals surface area contributed by atoms with Crippen LogP contribution in [0.4, 0.5) is 11.4 Å². The molecule has 0 radical (unpaired) electrons. The molecule has 0 saturated carbocycles. The molecule has 1 aromatic carbocycles. The standard InChI is InChI=1S/C17H22N2O3/c1-22-17(21)13-11-16(20)19(12-13)15-8-4-3-7-14(15)18-9-5-2-6-10-18/h3-4,7-8,13H,2,5-6,9-12H2,1H3/t13-/m0/s1. The molecule has 22 heavy (non-hydrogen) atoms. The van der Waals surface area contributed by atoms with E-state index in [1.165, 1.54) is 26.4 Å². The average molecular weight is 302 g/mol. The van der Waals surface area contributed by atoms with Crippen LogP contribution in [0.5, 0.6) is 0 Å². The van der Waals surface area contributed by atoms with Crippen LogP contribution in [0, 0.1) is 5.92 Å². The maximum Gasteiger partial charge on any atom is 0.311 e. The van der Waals surface area contributed by atoms with Gasteiger partial charge in [0.1, 0.15) is 0 Å². The maximum absolute atomic E-state index is 12.3. The van der Waals surface area contributed by atoms with Crippen molar-refractivity contribution in [2.75, 3.05) is 36.5 Å². The van der Waals surface area contributed by atoms with Crippen molar-refractivity contribution in [3.05, 3.63) is 24.3 Å². The summed E-state index contributed by atoms with van der Waals surface area (Å²) in [5.74, 6) is -0.655. The van der Waals surface area contributed by atoms with E-state index in [9.17, 15) is 9.59 Å². The van der Waals surface area contributed by atoms with Crippen molar-refractivity contribution < 1.29 is 14.3 Å². The molecule has 2 aliphatic rings. The molecule has 118 valence electrons. The van der Waals surface area contributed by atoms with E-state index in [4.69, 9.17) is 4.74 Å². The Morgan fingerprint density at radius 3 is 2.50 bits per heavy atom. The summed E-state index contributed by atoms with van der Waals surface area (Å²) in [6.07, 6.45) is 3.88. The van der Waals surface area contributed by atoms with Gasteiger partial charge in [0.15, 0.2) is 0 Å². The van der Waals surface area contributed by atoms with Gasteiger partial charge in [0.2, 0.25) is 5.91 Å². The number of carbonyl (C=O) groups is 2. The minimum Gasteiger partial charge on any atom is -0.469 e. The predicted molar refractivity (Wildman–Crippen MR) is 85.0 cm³/mol. The zero-order valence-corrected chi connectivity index (χ0v) is 13.0. The number of hydrogen-bond donors (Lipinski definition) is 0. The lowest BCUT2D eigenvalue weighted by Gasteiger charge is -2.32. The van der Waals surface area contributed by atoms with E-state index in [1.54, 1.807) is 4.90 Å². The molecule has 2 saturated heterocycles. The Labute approximate surface area is 130 Å². The second kappa shape index (κ2) is 6.38. The van der Waals surface area contributed by atoms with Gasteiger partial charge in [-0.15, -0.1) is 0 Å². The Morgan fingerprint density at radius 1 is 1.14 bits per heavy atom. The Hall–Kier alpha value is -2.04. The van der Waals surface area contributed by atoms with E-state index in [1.807, 2.05) is 18.2 Å². The molecule has 2 aliphatic heterocycles. The van der Waals surface area contributed by atoms with Crippen LogP contribution in [-0.4, -0.2) is 38.6 Å². The Morgan fingerprint density at radius 2 is 1.82 bits per heavy atom. The molecule has 0 spiro atoms. The van der Waals surface area contributed by atoms with Gasteiger partial charge in [0.25, 0.3) is 0 Å². The third-order valence-electron chi connectivity index (χ3n) is 4.53. The maximum atomic E-state index is 12.3. The van der Waals surface area contributed by atoms with E-state index in [-0.39, 0.29) is 24.2 Å². The molecule has 2 heterocycles. The van der Waals surface area contributed by atoms with Gasteiger partial charge in [-0.25, -0.2) is 0 Å². The van der Waals surface area contributed by atoms with Crippen molar-refractivity contribution in [1.82, 2.24) is 0 Å². The molecule has 0 N–H and O–H groups in total. The summed E-state index contributed by atoms with van der Waals surface area (Å²) in [4.78, 5) is 28.1. The smallest absolute Gasteiger partial charge is 0.311 e. The average Bonchev–Trinajstić information content (AvgIpc) is 2.96. The summed E-state index contributed by atoms with van der Waals surface area (Å²) in [5, 5.41) is 0. The van der Waals surface area contributed by atoms with E-state index < -0.39 is 0 Å². The van der Waals surface area contributed by atoms with E-state index in [0.717, 1.165) is 24.5 Å². The van der Waals surface area contributed by atoms with Gasteiger partial charge in [0, 0.05) is 26.1 Å². The first-order valence-corrected chi connectivity index (χ1v) is 7.93. The fourth-order valence-electron chi connectivity index (χ4n) is 3.36. The molecule has 2 fully saturated rings. The fraction of sp³-hybridized carbons (Fsp3) is 0.529. The normalized spacial score (nSPS) is 22.0. The molecule has 0 bridgehead atoms. The number of amides is 1. The van der Waals surface area contributed by atoms with Crippen LogP contribution in [-0.2, 0) is 14.3 Å². The van der Waals surface area contributed by atoms with E-state index in [2.05, 4.69) is 11.0 Å². The molecule has 0 aromatic heterocycles. The molecule has 0 aliphatic carbocycles. The van der Waals surface area contributed by atoms with E-state index in [0.29, 0.717) is 6.54 Å². The zero-order valence-electron chi connectivity index (χ0n) is 13.0. The number of nitrogens with zero attached hydrogens (tertiary/aromatic N) is 2. The quantitative estimate of drug-likeness (QED) is 0.803. The fourth-order valence-corrected chi connectivity index (χ4v) is 3.36. The van der Waals surface area contributed by atoms with Gasteiger partial charge in [-0.3, -0.25) is 9.59 Å². The number of piperidine rings is 1. The lowest BCUT2D eigenvalue weighted by atomic mass is 10.1. The molecule has 1 aromatic rings. The molecule has 5 nitrogen and oxygen atoms in total. The third-order valence-corrected chi connectivity index (χ3v) is 4.53. The largest absolute Gasteiger partial charge is 0.469 e. The summed E-state index contributed by atoms with van der Waals surface area (Å²) in [5.41, 5.74) is 2.02. The topological polar surface area (TPSA) is 49.9 Å². The number of carbonyl (C=O) groups excluding carboxylic acids is 2. The summed E-state index contributed by atoms with van der Waals surface area (Å²) in [6.45, 7) is 2.47. The highest BCUT2D eigenvalue weighted by molar-refractivity contribution is 6.01. The highest BCUT2D eigenvalue weighted by atomic mass is 16.5. The Bertz CT molecular complexity index is 567. The Kier molecular flexibility index (Phi) is 4.32. The van der Waals surface area contributed by atoms with Crippen molar-refractivity contribution in [2.24, 2.45) is 5.92 Å². The molecule has 5 heteroatoms. The first-order valence-electron chi connectivity index (χ1n) is 7.93. The highest BCUT2D eigenvalue weighted by Gasteiger charge is 2.37. The van der Waals surface area contributed by atoms with Crippen LogP contribution in [0.1, 0.15) is 25.7 Å². The number of anilines is 2. The van der Waals surface area contributed by atoms with Gasteiger partial charge in [0.05, 0.1) is 24.4 Å². The van der Waals surface area contributed by atoms with Gasteiger partial charge >= 0.3 is 5.97 Å². The van der Waals surface area contributed by atoms with Crippen LogP contribution in [0.25, 0.3) is 0 Å². The van der Waals surface area contributed by atoms with Crippen LogP contribution >= 0.6 is 0 Å². The van der Waals surface area contributed by atoms with Crippen molar-refractivity contribution in [1.29, 1.82) is 0 Å². The number of ether oxygens (including phenoxy) is 1. The highest BCUT2D eigenvalue weighted by Crippen LogP contribution is 2.35. The molecular formula is C17H22N2O3. The lowest BCUT2D eigenvalue weighted by Crippen LogP contribution is -2.33. The lowest BCUT2D eigenvalue weighted by molar-refractivity contribution is -0.145. The number of methoxy groups -OCH3 is 1. The van der Waals surface area contributed by atoms with Crippen molar-refractivity contribution >= 4 is 23.3 Å². The minimum absolute atomic E-state index is 0.000130. The van der Waals surface area contributed by atoms with Crippen LogP contribution in [0.3, 0.4) is 0 Å². The number of rotatable bonds is 3. The summed E-state index contributed by atoms with van der Waals surface area (Å²) < 4.78 is 4.78. The number of para-hydroxylation sites is 2. The molecule has 3 rings (SSSR count). The second-order valence-electron chi connectivity index (χ2n) is 5.96. The Balaban J connectivity index is 1.85. The van der Waals surface area contributed by atoms with Gasteiger partial charge in [-0.2, -0.15) is 0 Å². The molecule has 1 atom stereocenters. The molecule has 0 unspecified atom stereocenters. The molecular weight excluding hydrogens is 280 g/mol. The van der Waals surface area contributed by atoms with Gasteiger partial charge in [-0.05, 0) is 31.4 Å². The van der Waals surface area contributed by atoms with Crippen molar-refractivity contribution in [2.45, 2.75) is 25.7 Å². The predicted octanol–water partition coefficient (Wildman–Crippen LogP) is 2.20. The first-order chi connectivity index (χ1) is 10.7. The summed E-state index contributed by atoms with van der Waals surface area (Å²) in [6, 6.07) is 7.99. The van der Waals surface area contributed by atoms with Gasteiger partial charge < -0.3 is 14.5 Å².